The van der Waals surface area contributed by atoms with Crippen molar-refractivity contribution in [3.8, 4) is 0 Å². The van der Waals surface area contributed by atoms with Gasteiger partial charge in [-0.2, -0.15) is 0 Å². The Morgan fingerprint density at radius 1 is 1.50 bits per heavy atom. The Balaban J connectivity index is 2.27. The predicted octanol–water partition coefficient (Wildman–Crippen LogP) is 2.58. The monoisotopic (exact) mass is 220 g/mol. The van der Waals surface area contributed by atoms with E-state index < -0.39 is 0 Å². The second-order valence-electron chi connectivity index (χ2n) is 4.01. The summed E-state index contributed by atoms with van der Waals surface area (Å²) >= 11 is 0. The molecule has 16 heavy (non-hydrogen) atoms. The molecule has 3 heteroatoms. The second kappa shape index (κ2) is 6.18. The van der Waals surface area contributed by atoms with Crippen LogP contribution in [0.5, 0.6) is 0 Å². The van der Waals surface area contributed by atoms with E-state index in [9.17, 15) is 0 Å². The highest BCUT2D eigenvalue weighted by Gasteiger charge is 1.96. The van der Waals surface area contributed by atoms with Gasteiger partial charge in [0, 0.05) is 17.9 Å². The van der Waals surface area contributed by atoms with Gasteiger partial charge in [-0.3, -0.25) is 0 Å². The molecule has 0 amide bonds. The first kappa shape index (κ1) is 12.6. The Bertz CT molecular complexity index is 361. The van der Waals surface area contributed by atoms with Crippen molar-refractivity contribution in [2.45, 2.75) is 13.8 Å². The first-order chi connectivity index (χ1) is 7.59. The van der Waals surface area contributed by atoms with Crippen molar-refractivity contribution in [1.29, 1.82) is 0 Å². The molecule has 88 valence electrons. The minimum atomic E-state index is 0.623. The molecule has 0 fully saturated rings. The van der Waals surface area contributed by atoms with Gasteiger partial charge in [0.05, 0.1) is 13.2 Å². The molecule has 0 radical (unpaired) electrons. The highest BCUT2D eigenvalue weighted by Crippen LogP contribution is 2.16. The zero-order valence-electron chi connectivity index (χ0n) is 10.0. The standard InChI is InChI=1S/C13H20N2O/c1-10(2)9-16-7-6-15-12-5-4-11(3)13(14)8-12/h4-5,8,15H,1,6-7,9,14H2,2-3H3. The molecule has 0 saturated carbocycles. The molecule has 0 aromatic heterocycles. The minimum absolute atomic E-state index is 0.623. The number of hydrogen-bond donors (Lipinski definition) is 2. The van der Waals surface area contributed by atoms with Gasteiger partial charge in [0.2, 0.25) is 0 Å². The van der Waals surface area contributed by atoms with Crippen molar-refractivity contribution >= 4 is 11.4 Å². The maximum Gasteiger partial charge on any atom is 0.0672 e. The van der Waals surface area contributed by atoms with E-state index in [0.717, 1.165) is 29.1 Å². The van der Waals surface area contributed by atoms with Crippen molar-refractivity contribution in [2.24, 2.45) is 0 Å². The summed E-state index contributed by atoms with van der Waals surface area (Å²) in [5.41, 5.74) is 9.79. The summed E-state index contributed by atoms with van der Waals surface area (Å²) in [4.78, 5) is 0. The highest BCUT2D eigenvalue weighted by molar-refractivity contribution is 5.58. The molecule has 0 atom stereocenters. The molecule has 3 N–H and O–H groups in total. The molecule has 0 aliphatic carbocycles. The number of aryl methyl sites for hydroxylation is 1. The smallest absolute Gasteiger partial charge is 0.0672 e. The normalized spacial score (nSPS) is 10.1. The Kier molecular flexibility index (Phi) is 4.86. The highest BCUT2D eigenvalue weighted by atomic mass is 16.5. The van der Waals surface area contributed by atoms with Crippen LogP contribution in [0.2, 0.25) is 0 Å². The lowest BCUT2D eigenvalue weighted by Crippen LogP contribution is -2.10. The quantitative estimate of drug-likeness (QED) is 0.440. The van der Waals surface area contributed by atoms with Gasteiger partial charge >= 0.3 is 0 Å². The third-order valence-corrected chi connectivity index (χ3v) is 2.20. The number of benzene rings is 1. The first-order valence-corrected chi connectivity index (χ1v) is 5.41. The molecule has 3 nitrogen and oxygen atoms in total. The van der Waals surface area contributed by atoms with Crippen molar-refractivity contribution in [3.63, 3.8) is 0 Å². The molecule has 0 saturated heterocycles. The largest absolute Gasteiger partial charge is 0.398 e. The van der Waals surface area contributed by atoms with E-state index in [-0.39, 0.29) is 0 Å². The molecular weight excluding hydrogens is 200 g/mol. The second-order valence-corrected chi connectivity index (χ2v) is 4.01. The van der Waals surface area contributed by atoms with E-state index in [2.05, 4.69) is 11.9 Å². The Morgan fingerprint density at radius 3 is 2.88 bits per heavy atom. The average Bonchev–Trinajstić information content (AvgIpc) is 2.22. The van der Waals surface area contributed by atoms with Crippen LogP contribution in [0, 0.1) is 6.92 Å². The van der Waals surface area contributed by atoms with Crippen LogP contribution in [-0.2, 0) is 4.74 Å². The lowest BCUT2D eigenvalue weighted by molar-refractivity contribution is 0.167. The molecule has 0 aliphatic rings. The predicted molar refractivity (Wildman–Crippen MR) is 69.7 cm³/mol. The van der Waals surface area contributed by atoms with Crippen molar-refractivity contribution < 1.29 is 4.74 Å². The summed E-state index contributed by atoms with van der Waals surface area (Å²) in [6.45, 7) is 9.78. The SMILES string of the molecule is C=C(C)COCCNc1ccc(C)c(N)c1. The van der Waals surface area contributed by atoms with Gasteiger partial charge in [0.1, 0.15) is 0 Å². The van der Waals surface area contributed by atoms with Crippen LogP contribution >= 0.6 is 0 Å². The fourth-order valence-corrected chi connectivity index (χ4v) is 1.26. The van der Waals surface area contributed by atoms with Crippen LogP contribution in [0.1, 0.15) is 12.5 Å². The van der Waals surface area contributed by atoms with E-state index in [4.69, 9.17) is 10.5 Å². The summed E-state index contributed by atoms with van der Waals surface area (Å²) < 4.78 is 5.38. The summed E-state index contributed by atoms with van der Waals surface area (Å²) in [6, 6.07) is 5.96. The third kappa shape index (κ3) is 4.36. The van der Waals surface area contributed by atoms with Gasteiger partial charge in [-0.15, -0.1) is 0 Å². The fraction of sp³-hybridized carbons (Fsp3) is 0.385. The van der Waals surface area contributed by atoms with Gasteiger partial charge in [-0.05, 0) is 31.5 Å². The van der Waals surface area contributed by atoms with Gasteiger partial charge in [0.15, 0.2) is 0 Å². The van der Waals surface area contributed by atoms with Gasteiger partial charge < -0.3 is 15.8 Å². The molecule has 0 unspecified atom stereocenters. The Morgan fingerprint density at radius 2 is 2.25 bits per heavy atom. The van der Waals surface area contributed by atoms with Gasteiger partial charge in [0.25, 0.3) is 0 Å². The third-order valence-electron chi connectivity index (χ3n) is 2.20. The van der Waals surface area contributed by atoms with Crippen LogP contribution in [0.25, 0.3) is 0 Å². The average molecular weight is 220 g/mol. The number of nitrogens with two attached hydrogens (primary N) is 1. The van der Waals surface area contributed by atoms with E-state index in [1.807, 2.05) is 32.0 Å². The van der Waals surface area contributed by atoms with Crippen molar-refractivity contribution in [1.82, 2.24) is 0 Å². The van der Waals surface area contributed by atoms with E-state index >= 15 is 0 Å². The Labute approximate surface area is 97.3 Å². The first-order valence-electron chi connectivity index (χ1n) is 5.41. The fourth-order valence-electron chi connectivity index (χ4n) is 1.26. The zero-order valence-corrected chi connectivity index (χ0v) is 10.0. The molecule has 0 bridgehead atoms. The van der Waals surface area contributed by atoms with Gasteiger partial charge in [-0.25, -0.2) is 0 Å². The van der Waals surface area contributed by atoms with Crippen LogP contribution < -0.4 is 11.1 Å². The molecule has 0 aliphatic heterocycles. The lowest BCUT2D eigenvalue weighted by Gasteiger charge is -2.09. The van der Waals surface area contributed by atoms with E-state index in [1.54, 1.807) is 0 Å². The van der Waals surface area contributed by atoms with Gasteiger partial charge in [-0.1, -0.05) is 18.2 Å². The topological polar surface area (TPSA) is 47.3 Å². The van der Waals surface area contributed by atoms with E-state index in [1.165, 1.54) is 0 Å². The lowest BCUT2D eigenvalue weighted by atomic mass is 10.2. The van der Waals surface area contributed by atoms with E-state index in [0.29, 0.717) is 13.2 Å². The minimum Gasteiger partial charge on any atom is -0.398 e. The summed E-state index contributed by atoms with van der Waals surface area (Å²) in [5.74, 6) is 0. The summed E-state index contributed by atoms with van der Waals surface area (Å²) in [6.07, 6.45) is 0. The molecular formula is C13H20N2O. The number of anilines is 2. The van der Waals surface area contributed by atoms with Crippen molar-refractivity contribution in [3.05, 3.63) is 35.9 Å². The molecule has 1 aromatic carbocycles. The Hall–Kier alpha value is -1.48. The molecule has 0 spiro atoms. The van der Waals surface area contributed by atoms with Crippen LogP contribution in [-0.4, -0.2) is 19.8 Å². The number of hydrogen-bond acceptors (Lipinski definition) is 3. The molecule has 1 aromatic rings. The number of nitrogens with one attached hydrogen (secondary N) is 1. The molecule has 1 rings (SSSR count). The number of nitrogen functional groups attached to an aromatic ring is 1. The van der Waals surface area contributed by atoms with Crippen molar-refractivity contribution in [2.75, 3.05) is 30.8 Å². The summed E-state index contributed by atoms with van der Waals surface area (Å²) in [5, 5.41) is 3.25. The zero-order chi connectivity index (χ0) is 12.0. The maximum atomic E-state index is 5.81. The number of rotatable bonds is 6. The maximum absolute atomic E-state index is 5.81. The number of ether oxygens (including phenoxy) is 1. The van der Waals surface area contributed by atoms with Crippen LogP contribution in [0.4, 0.5) is 11.4 Å². The van der Waals surface area contributed by atoms with Crippen LogP contribution in [0.15, 0.2) is 30.4 Å². The van der Waals surface area contributed by atoms with Crippen LogP contribution in [0.3, 0.4) is 0 Å². The summed E-state index contributed by atoms with van der Waals surface area (Å²) in [7, 11) is 0. The molecule has 0 heterocycles.